The molecule has 0 unspecified atom stereocenters. The first-order chi connectivity index (χ1) is 9.04. The first-order valence-electron chi connectivity index (χ1n) is 6.31. The SMILES string of the molecule is COc1ccc(CNC/C=C/C(=O)O)cc1C(C)C. The van der Waals surface area contributed by atoms with Gasteiger partial charge in [-0.1, -0.05) is 32.1 Å². The van der Waals surface area contributed by atoms with Gasteiger partial charge >= 0.3 is 5.97 Å². The van der Waals surface area contributed by atoms with Gasteiger partial charge in [-0.3, -0.25) is 0 Å². The van der Waals surface area contributed by atoms with Crippen LogP contribution in [-0.2, 0) is 11.3 Å². The summed E-state index contributed by atoms with van der Waals surface area (Å²) in [5.41, 5.74) is 2.34. The Bertz CT molecular complexity index is 453. The highest BCUT2D eigenvalue weighted by Crippen LogP contribution is 2.27. The van der Waals surface area contributed by atoms with E-state index in [4.69, 9.17) is 9.84 Å². The van der Waals surface area contributed by atoms with Gasteiger partial charge in [0.05, 0.1) is 7.11 Å². The molecule has 4 heteroatoms. The lowest BCUT2D eigenvalue weighted by molar-refractivity contribution is -0.131. The number of ether oxygens (including phenoxy) is 1. The minimum atomic E-state index is -0.923. The number of hydrogen-bond donors (Lipinski definition) is 2. The largest absolute Gasteiger partial charge is 0.496 e. The van der Waals surface area contributed by atoms with Crippen molar-refractivity contribution < 1.29 is 14.6 Å². The van der Waals surface area contributed by atoms with Crippen molar-refractivity contribution in [1.29, 1.82) is 0 Å². The first kappa shape index (κ1) is 15.2. The Balaban J connectivity index is 2.59. The van der Waals surface area contributed by atoms with Crippen LogP contribution in [-0.4, -0.2) is 24.7 Å². The van der Waals surface area contributed by atoms with E-state index in [1.165, 1.54) is 5.56 Å². The molecule has 0 radical (unpaired) electrons. The molecule has 19 heavy (non-hydrogen) atoms. The van der Waals surface area contributed by atoms with Crippen LogP contribution in [0.5, 0.6) is 5.75 Å². The Hall–Kier alpha value is -1.81. The fourth-order valence-electron chi connectivity index (χ4n) is 1.80. The van der Waals surface area contributed by atoms with Crippen molar-refractivity contribution in [1.82, 2.24) is 5.32 Å². The molecule has 0 fully saturated rings. The topological polar surface area (TPSA) is 58.6 Å². The van der Waals surface area contributed by atoms with Crippen molar-refractivity contribution in [2.24, 2.45) is 0 Å². The summed E-state index contributed by atoms with van der Waals surface area (Å²) in [4.78, 5) is 10.3. The van der Waals surface area contributed by atoms with Crippen LogP contribution in [0.15, 0.2) is 30.4 Å². The average molecular weight is 263 g/mol. The Morgan fingerprint density at radius 3 is 2.79 bits per heavy atom. The molecule has 0 aromatic heterocycles. The van der Waals surface area contributed by atoms with E-state index in [9.17, 15) is 4.79 Å². The van der Waals surface area contributed by atoms with E-state index in [0.29, 0.717) is 19.0 Å². The normalized spacial score (nSPS) is 11.2. The molecule has 0 aliphatic rings. The molecule has 1 aromatic carbocycles. The summed E-state index contributed by atoms with van der Waals surface area (Å²) in [6, 6.07) is 6.11. The van der Waals surface area contributed by atoms with Gasteiger partial charge in [0, 0.05) is 19.2 Å². The standard InChI is InChI=1S/C15H21NO3/c1-11(2)13-9-12(6-7-14(13)19-3)10-16-8-4-5-15(17)18/h4-7,9,11,16H,8,10H2,1-3H3,(H,17,18)/b5-4+. The van der Waals surface area contributed by atoms with Gasteiger partial charge in [0.15, 0.2) is 0 Å². The number of rotatable bonds is 7. The van der Waals surface area contributed by atoms with Gasteiger partial charge < -0.3 is 15.2 Å². The van der Waals surface area contributed by atoms with Crippen molar-refractivity contribution in [3.63, 3.8) is 0 Å². The summed E-state index contributed by atoms with van der Waals surface area (Å²) >= 11 is 0. The van der Waals surface area contributed by atoms with Gasteiger partial charge in [0.1, 0.15) is 5.75 Å². The van der Waals surface area contributed by atoms with Crippen LogP contribution in [0.25, 0.3) is 0 Å². The zero-order chi connectivity index (χ0) is 14.3. The lowest BCUT2D eigenvalue weighted by Crippen LogP contribution is -2.13. The minimum absolute atomic E-state index is 0.404. The van der Waals surface area contributed by atoms with Crippen LogP contribution >= 0.6 is 0 Å². The van der Waals surface area contributed by atoms with E-state index in [2.05, 4.69) is 25.2 Å². The Kier molecular flexibility index (Phi) is 6.09. The second kappa shape index (κ2) is 7.59. The summed E-state index contributed by atoms with van der Waals surface area (Å²) < 4.78 is 5.33. The van der Waals surface area contributed by atoms with Crippen molar-refractivity contribution in [3.8, 4) is 5.75 Å². The van der Waals surface area contributed by atoms with E-state index in [1.54, 1.807) is 13.2 Å². The van der Waals surface area contributed by atoms with Crippen LogP contribution in [0, 0.1) is 0 Å². The van der Waals surface area contributed by atoms with Gasteiger partial charge in [-0.05, 0) is 23.1 Å². The quantitative estimate of drug-likeness (QED) is 0.586. The smallest absolute Gasteiger partial charge is 0.328 e. The molecule has 1 rings (SSSR count). The molecule has 0 atom stereocenters. The summed E-state index contributed by atoms with van der Waals surface area (Å²) in [6.45, 7) is 5.50. The predicted octanol–water partition coefficient (Wildman–Crippen LogP) is 2.55. The highest BCUT2D eigenvalue weighted by Gasteiger charge is 2.07. The monoisotopic (exact) mass is 263 g/mol. The molecule has 1 aromatic rings. The summed E-state index contributed by atoms with van der Waals surface area (Å²) in [5, 5.41) is 11.6. The highest BCUT2D eigenvalue weighted by atomic mass is 16.5. The van der Waals surface area contributed by atoms with Crippen LogP contribution in [0.1, 0.15) is 30.9 Å². The number of carboxylic acids is 1. The fraction of sp³-hybridized carbons (Fsp3) is 0.400. The summed E-state index contributed by atoms with van der Waals surface area (Å²) in [7, 11) is 1.68. The van der Waals surface area contributed by atoms with Crippen LogP contribution in [0.4, 0.5) is 0 Å². The molecule has 0 heterocycles. The molecule has 2 N–H and O–H groups in total. The molecule has 0 saturated heterocycles. The van der Waals surface area contributed by atoms with E-state index in [-0.39, 0.29) is 0 Å². The predicted molar refractivity (Wildman–Crippen MR) is 75.6 cm³/mol. The molecular formula is C15H21NO3. The molecule has 0 aliphatic carbocycles. The fourth-order valence-corrected chi connectivity index (χ4v) is 1.80. The number of carboxylic acid groups (broad SMARTS) is 1. The number of aliphatic carboxylic acids is 1. The van der Waals surface area contributed by atoms with Crippen molar-refractivity contribution >= 4 is 5.97 Å². The Morgan fingerprint density at radius 2 is 2.21 bits per heavy atom. The van der Waals surface area contributed by atoms with Crippen LogP contribution < -0.4 is 10.1 Å². The van der Waals surface area contributed by atoms with Gasteiger partial charge in [-0.25, -0.2) is 4.79 Å². The minimum Gasteiger partial charge on any atom is -0.496 e. The summed E-state index contributed by atoms with van der Waals surface area (Å²) in [6.07, 6.45) is 2.73. The first-order valence-corrected chi connectivity index (χ1v) is 6.31. The number of methoxy groups -OCH3 is 1. The molecule has 0 spiro atoms. The number of carbonyl (C=O) groups is 1. The van der Waals surface area contributed by atoms with E-state index in [1.807, 2.05) is 12.1 Å². The maximum absolute atomic E-state index is 10.3. The third-order valence-corrected chi connectivity index (χ3v) is 2.77. The highest BCUT2D eigenvalue weighted by molar-refractivity contribution is 5.79. The number of benzene rings is 1. The van der Waals surface area contributed by atoms with Crippen LogP contribution in [0.3, 0.4) is 0 Å². The molecule has 0 amide bonds. The molecule has 0 aliphatic heterocycles. The van der Waals surface area contributed by atoms with E-state index < -0.39 is 5.97 Å². The zero-order valence-electron chi connectivity index (χ0n) is 11.6. The van der Waals surface area contributed by atoms with Crippen molar-refractivity contribution in [3.05, 3.63) is 41.5 Å². The molecule has 0 bridgehead atoms. The lowest BCUT2D eigenvalue weighted by Gasteiger charge is -2.13. The van der Waals surface area contributed by atoms with Gasteiger partial charge in [0.25, 0.3) is 0 Å². The lowest BCUT2D eigenvalue weighted by atomic mass is 9.99. The zero-order valence-corrected chi connectivity index (χ0v) is 11.6. The third-order valence-electron chi connectivity index (χ3n) is 2.77. The maximum atomic E-state index is 10.3. The average Bonchev–Trinajstić information content (AvgIpc) is 2.37. The van der Waals surface area contributed by atoms with Gasteiger partial charge in [-0.2, -0.15) is 0 Å². The maximum Gasteiger partial charge on any atom is 0.328 e. The Morgan fingerprint density at radius 1 is 1.47 bits per heavy atom. The van der Waals surface area contributed by atoms with Crippen LogP contribution in [0.2, 0.25) is 0 Å². The van der Waals surface area contributed by atoms with Crippen molar-refractivity contribution in [2.75, 3.05) is 13.7 Å². The molecular weight excluding hydrogens is 242 g/mol. The van der Waals surface area contributed by atoms with Crippen molar-refractivity contribution in [2.45, 2.75) is 26.3 Å². The number of hydrogen-bond acceptors (Lipinski definition) is 3. The second-order valence-electron chi connectivity index (χ2n) is 4.60. The summed E-state index contributed by atoms with van der Waals surface area (Å²) in [5.74, 6) is 0.389. The Labute approximate surface area is 114 Å². The van der Waals surface area contributed by atoms with Gasteiger partial charge in [-0.15, -0.1) is 0 Å². The van der Waals surface area contributed by atoms with Gasteiger partial charge in [0.2, 0.25) is 0 Å². The molecule has 4 nitrogen and oxygen atoms in total. The second-order valence-corrected chi connectivity index (χ2v) is 4.60. The molecule has 104 valence electrons. The van der Waals surface area contributed by atoms with E-state index >= 15 is 0 Å². The number of nitrogens with one attached hydrogen (secondary N) is 1. The molecule has 0 saturated carbocycles. The van der Waals surface area contributed by atoms with E-state index in [0.717, 1.165) is 17.4 Å². The third kappa shape index (κ3) is 5.14.